The van der Waals surface area contributed by atoms with Gasteiger partial charge in [0, 0.05) is 18.6 Å². The predicted molar refractivity (Wildman–Crippen MR) is 48.3 cm³/mol. The summed E-state index contributed by atoms with van der Waals surface area (Å²) in [5.41, 5.74) is 0.525. The molecule has 0 bridgehead atoms. The first-order valence-electron chi connectivity index (χ1n) is 3.88. The third-order valence-electron chi connectivity index (χ3n) is 1.70. The summed E-state index contributed by atoms with van der Waals surface area (Å²) in [7, 11) is -3.21. The van der Waals surface area contributed by atoms with Crippen molar-refractivity contribution in [3.63, 3.8) is 0 Å². The Morgan fingerprint density at radius 3 is 2.07 bits per heavy atom. The Balaban J connectivity index is 0.00000196. The number of carboxylic acid groups (broad SMARTS) is 1. The maximum atomic E-state index is 11.0. The number of hydrogen-bond donors (Lipinski definition) is 0. The topological polar surface area (TPSA) is 74.3 Å². The molecule has 1 aromatic rings. The van der Waals surface area contributed by atoms with Gasteiger partial charge in [0.2, 0.25) is 0 Å². The Hall–Kier alpha value is -0.360. The van der Waals surface area contributed by atoms with Gasteiger partial charge in [-0.2, -0.15) is 0 Å². The van der Waals surface area contributed by atoms with Crippen molar-refractivity contribution in [3.8, 4) is 0 Å². The van der Waals surface area contributed by atoms with Crippen LogP contribution in [0.4, 0.5) is 0 Å². The van der Waals surface area contributed by atoms with E-state index in [1.54, 1.807) is 0 Å². The van der Waals surface area contributed by atoms with E-state index in [1.807, 2.05) is 0 Å². The second kappa shape index (κ2) is 5.65. The molecule has 0 heterocycles. The summed E-state index contributed by atoms with van der Waals surface area (Å²) in [6.07, 6.45) is 0.894. The van der Waals surface area contributed by atoms with Crippen LogP contribution in [0.15, 0.2) is 29.2 Å². The molecular weight excluding hydrogens is 227 g/mol. The number of carbonyl (C=O) groups excluding carboxylic acids is 1. The molecule has 4 nitrogen and oxygen atoms in total. The Morgan fingerprint density at radius 1 is 1.27 bits per heavy atom. The normalized spacial score (nSPS) is 10.5. The van der Waals surface area contributed by atoms with Crippen molar-refractivity contribution < 1.29 is 47.9 Å². The standard InChI is InChI=1S/C9H10O4S.Na/c1-14(12,13)8-4-2-7(3-5-8)6-9(10)11;/h2-5H,6H2,1H3,(H,10,11);/q;+1/p-1. The van der Waals surface area contributed by atoms with Crippen molar-refractivity contribution >= 4 is 15.8 Å². The Labute approximate surface area is 111 Å². The Bertz CT molecular complexity index is 436. The largest absolute Gasteiger partial charge is 1.00 e. The zero-order valence-corrected chi connectivity index (χ0v) is 11.4. The van der Waals surface area contributed by atoms with E-state index in [1.165, 1.54) is 24.3 Å². The van der Waals surface area contributed by atoms with E-state index < -0.39 is 15.8 Å². The number of rotatable bonds is 3. The van der Waals surface area contributed by atoms with Crippen LogP contribution in [0.25, 0.3) is 0 Å². The van der Waals surface area contributed by atoms with Crippen LogP contribution < -0.4 is 34.7 Å². The average Bonchev–Trinajstić information content (AvgIpc) is 2.02. The smallest absolute Gasteiger partial charge is 0.550 e. The summed E-state index contributed by atoms with van der Waals surface area (Å²) in [4.78, 5) is 10.4. The van der Waals surface area contributed by atoms with Crippen LogP contribution in [-0.2, 0) is 21.1 Å². The van der Waals surface area contributed by atoms with Crippen molar-refractivity contribution in [1.82, 2.24) is 0 Å². The van der Waals surface area contributed by atoms with Gasteiger partial charge in [-0.05, 0) is 17.7 Å². The molecule has 0 aromatic heterocycles. The van der Waals surface area contributed by atoms with E-state index in [0.717, 1.165) is 6.26 Å². The van der Waals surface area contributed by atoms with Crippen molar-refractivity contribution in [2.75, 3.05) is 6.26 Å². The molecule has 0 radical (unpaired) electrons. The first kappa shape index (κ1) is 14.6. The van der Waals surface area contributed by atoms with E-state index in [-0.39, 0.29) is 40.9 Å². The molecule has 1 rings (SSSR count). The fourth-order valence-corrected chi connectivity index (χ4v) is 1.65. The summed E-state index contributed by atoms with van der Waals surface area (Å²) in [5, 5.41) is 10.2. The van der Waals surface area contributed by atoms with Crippen molar-refractivity contribution in [2.24, 2.45) is 0 Å². The fourth-order valence-electron chi connectivity index (χ4n) is 1.02. The van der Waals surface area contributed by atoms with Gasteiger partial charge >= 0.3 is 29.6 Å². The maximum Gasteiger partial charge on any atom is 1.00 e. The van der Waals surface area contributed by atoms with Gasteiger partial charge in [0.25, 0.3) is 0 Å². The molecule has 0 amide bonds. The molecule has 15 heavy (non-hydrogen) atoms. The minimum Gasteiger partial charge on any atom is -0.550 e. The number of sulfone groups is 1. The van der Waals surface area contributed by atoms with Crippen molar-refractivity contribution in [2.45, 2.75) is 11.3 Å². The van der Waals surface area contributed by atoms with Gasteiger partial charge < -0.3 is 9.90 Å². The zero-order valence-electron chi connectivity index (χ0n) is 8.56. The minimum atomic E-state index is -3.21. The molecule has 0 N–H and O–H groups in total. The van der Waals surface area contributed by atoms with E-state index in [4.69, 9.17) is 0 Å². The van der Waals surface area contributed by atoms with Gasteiger partial charge in [-0.15, -0.1) is 0 Å². The summed E-state index contributed by atoms with van der Waals surface area (Å²) < 4.78 is 22.1. The molecular formula is C9H9NaO4S. The fraction of sp³-hybridized carbons (Fsp3) is 0.222. The zero-order chi connectivity index (χ0) is 10.8. The number of hydrogen-bond acceptors (Lipinski definition) is 4. The Morgan fingerprint density at radius 2 is 1.73 bits per heavy atom. The van der Waals surface area contributed by atoms with Gasteiger partial charge in [-0.25, -0.2) is 8.42 Å². The molecule has 0 saturated heterocycles. The van der Waals surface area contributed by atoms with Crippen LogP contribution in [0, 0.1) is 0 Å². The Kier molecular flexibility index (Phi) is 5.51. The monoisotopic (exact) mass is 236 g/mol. The molecule has 0 aliphatic carbocycles. The van der Waals surface area contributed by atoms with E-state index in [9.17, 15) is 18.3 Å². The number of carboxylic acids is 1. The van der Waals surface area contributed by atoms with Gasteiger partial charge in [-0.1, -0.05) is 12.1 Å². The van der Waals surface area contributed by atoms with Gasteiger partial charge in [0.1, 0.15) is 0 Å². The molecule has 76 valence electrons. The summed E-state index contributed by atoms with van der Waals surface area (Å²) >= 11 is 0. The van der Waals surface area contributed by atoms with Crippen LogP contribution in [0.1, 0.15) is 5.56 Å². The molecule has 0 saturated carbocycles. The maximum absolute atomic E-state index is 11.0. The van der Waals surface area contributed by atoms with Gasteiger partial charge in [0.05, 0.1) is 4.90 Å². The second-order valence-electron chi connectivity index (χ2n) is 2.96. The van der Waals surface area contributed by atoms with Gasteiger partial charge in [0.15, 0.2) is 9.84 Å². The van der Waals surface area contributed by atoms with E-state index in [0.29, 0.717) is 5.56 Å². The van der Waals surface area contributed by atoms with Crippen LogP contribution in [-0.4, -0.2) is 20.6 Å². The number of aliphatic carboxylic acids is 1. The van der Waals surface area contributed by atoms with Crippen LogP contribution in [0.3, 0.4) is 0 Å². The predicted octanol–water partition coefficient (Wildman–Crippen LogP) is -3.61. The summed E-state index contributed by atoms with van der Waals surface area (Å²) in [5.74, 6) is -1.18. The van der Waals surface area contributed by atoms with Crippen LogP contribution >= 0.6 is 0 Å². The SMILES string of the molecule is CS(=O)(=O)c1ccc(CC(=O)[O-])cc1.[Na+]. The minimum absolute atomic E-state index is 0. The summed E-state index contributed by atoms with van der Waals surface area (Å²) in [6, 6.07) is 5.69. The van der Waals surface area contributed by atoms with E-state index in [2.05, 4.69) is 0 Å². The molecule has 0 unspecified atom stereocenters. The van der Waals surface area contributed by atoms with Gasteiger partial charge in [-0.3, -0.25) is 0 Å². The first-order chi connectivity index (χ1) is 6.39. The van der Waals surface area contributed by atoms with E-state index >= 15 is 0 Å². The molecule has 6 heteroatoms. The molecule has 0 spiro atoms. The molecule has 0 atom stereocenters. The third-order valence-corrected chi connectivity index (χ3v) is 2.83. The quantitative estimate of drug-likeness (QED) is 0.508. The second-order valence-corrected chi connectivity index (χ2v) is 4.98. The number of benzene rings is 1. The average molecular weight is 236 g/mol. The molecule has 0 aliphatic heterocycles. The first-order valence-corrected chi connectivity index (χ1v) is 5.77. The molecule has 0 fully saturated rings. The third kappa shape index (κ3) is 4.79. The van der Waals surface area contributed by atoms with Crippen LogP contribution in [0.2, 0.25) is 0 Å². The van der Waals surface area contributed by atoms with Crippen LogP contribution in [0.5, 0.6) is 0 Å². The molecule has 1 aromatic carbocycles. The van der Waals surface area contributed by atoms with Crippen molar-refractivity contribution in [3.05, 3.63) is 29.8 Å². The number of carbonyl (C=O) groups is 1. The van der Waals surface area contributed by atoms with Crippen molar-refractivity contribution in [1.29, 1.82) is 0 Å². The molecule has 0 aliphatic rings. The summed E-state index contributed by atoms with van der Waals surface area (Å²) in [6.45, 7) is 0.